The van der Waals surface area contributed by atoms with E-state index in [1.54, 1.807) is 34.6 Å². The Morgan fingerprint density at radius 1 is 1.09 bits per heavy atom. The van der Waals surface area contributed by atoms with Gasteiger partial charge >= 0.3 is 18.0 Å². The van der Waals surface area contributed by atoms with E-state index in [9.17, 15) is 14.4 Å². The molecule has 0 bridgehead atoms. The van der Waals surface area contributed by atoms with Gasteiger partial charge in [0.15, 0.2) is 5.54 Å². The van der Waals surface area contributed by atoms with Gasteiger partial charge in [-0.2, -0.15) is 0 Å². The van der Waals surface area contributed by atoms with Crippen LogP contribution in [0.5, 0.6) is 0 Å². The van der Waals surface area contributed by atoms with Crippen molar-refractivity contribution in [3.63, 3.8) is 0 Å². The topological polar surface area (TPSA) is 94.2 Å². The minimum absolute atomic E-state index is 0.0647. The number of carbonyl (C=O) groups is 3. The molecule has 0 saturated carbocycles. The molecule has 8 nitrogen and oxygen atoms in total. The molecular formula is C24H36N2O6. The Balaban J connectivity index is 2.21. The summed E-state index contributed by atoms with van der Waals surface area (Å²) in [4.78, 5) is 40.1. The van der Waals surface area contributed by atoms with Crippen LogP contribution >= 0.6 is 0 Å². The zero-order valence-corrected chi connectivity index (χ0v) is 19.8. The molecule has 2 atom stereocenters. The second-order valence-corrected chi connectivity index (χ2v) is 8.96. The summed E-state index contributed by atoms with van der Waals surface area (Å²) in [6, 6.07) is 9.40. The Morgan fingerprint density at radius 2 is 1.75 bits per heavy atom. The van der Waals surface area contributed by atoms with Crippen molar-refractivity contribution in [3.8, 4) is 0 Å². The van der Waals surface area contributed by atoms with Crippen molar-refractivity contribution in [2.24, 2.45) is 0 Å². The van der Waals surface area contributed by atoms with Crippen LogP contribution in [0.2, 0.25) is 0 Å². The average Bonchev–Trinajstić information content (AvgIpc) is 3.07. The monoisotopic (exact) mass is 448 g/mol. The molecule has 2 rings (SSSR count). The minimum atomic E-state index is -1.39. The van der Waals surface area contributed by atoms with Gasteiger partial charge in [0.25, 0.3) is 0 Å². The second kappa shape index (κ2) is 11.3. The first-order valence-corrected chi connectivity index (χ1v) is 11.2. The van der Waals surface area contributed by atoms with Crippen LogP contribution in [0.4, 0.5) is 4.79 Å². The minimum Gasteiger partial charge on any atom is -0.465 e. The summed E-state index contributed by atoms with van der Waals surface area (Å²) in [6.07, 6.45) is 0.957. The van der Waals surface area contributed by atoms with Crippen molar-refractivity contribution in [2.45, 2.75) is 71.1 Å². The molecule has 0 aromatic heterocycles. The third kappa shape index (κ3) is 7.22. The number of alkyl carbamates (subject to hydrolysis) is 1. The lowest BCUT2D eigenvalue weighted by Gasteiger charge is -2.29. The van der Waals surface area contributed by atoms with Gasteiger partial charge in [-0.15, -0.1) is 0 Å². The Labute approximate surface area is 190 Å². The van der Waals surface area contributed by atoms with Gasteiger partial charge in [-0.1, -0.05) is 30.3 Å². The molecule has 0 aliphatic carbocycles. The summed E-state index contributed by atoms with van der Waals surface area (Å²) in [5.41, 5.74) is -0.917. The van der Waals surface area contributed by atoms with Crippen LogP contribution in [0.1, 0.15) is 53.0 Å². The Bertz CT molecular complexity index is 776. The number of likely N-dealkylation sites (tertiary alicyclic amines) is 1. The predicted octanol–water partition coefficient (Wildman–Crippen LogP) is 3.08. The molecule has 1 aliphatic rings. The van der Waals surface area contributed by atoms with Crippen molar-refractivity contribution in [3.05, 3.63) is 35.9 Å². The summed E-state index contributed by atoms with van der Waals surface area (Å²) < 4.78 is 15.9. The molecule has 1 saturated heterocycles. The fraction of sp³-hybridized carbons (Fsp3) is 0.625. The highest BCUT2D eigenvalue weighted by atomic mass is 16.6. The van der Waals surface area contributed by atoms with Crippen molar-refractivity contribution < 1.29 is 28.6 Å². The first-order chi connectivity index (χ1) is 15.1. The van der Waals surface area contributed by atoms with Crippen LogP contribution in [0, 0.1) is 0 Å². The van der Waals surface area contributed by atoms with Crippen LogP contribution in [0.3, 0.4) is 0 Å². The first-order valence-electron chi connectivity index (χ1n) is 11.2. The molecule has 178 valence electrons. The maximum absolute atomic E-state index is 13.0. The highest BCUT2D eigenvalue weighted by Crippen LogP contribution is 2.30. The van der Waals surface area contributed by atoms with Gasteiger partial charge in [-0.3, -0.25) is 9.69 Å². The molecule has 1 aromatic carbocycles. The summed E-state index contributed by atoms with van der Waals surface area (Å²) >= 11 is 0. The number of esters is 2. The number of carbonyl (C=O) groups excluding carboxylic acids is 3. The number of hydrogen-bond acceptors (Lipinski definition) is 7. The van der Waals surface area contributed by atoms with E-state index in [4.69, 9.17) is 14.2 Å². The number of nitrogens with zero attached hydrogens (tertiary/aromatic N) is 1. The molecule has 2 unspecified atom stereocenters. The van der Waals surface area contributed by atoms with E-state index >= 15 is 0 Å². The van der Waals surface area contributed by atoms with Gasteiger partial charge in [0.1, 0.15) is 11.6 Å². The van der Waals surface area contributed by atoms with Gasteiger partial charge in [0.05, 0.1) is 13.2 Å². The van der Waals surface area contributed by atoms with Crippen LogP contribution in [0.25, 0.3) is 0 Å². The first kappa shape index (κ1) is 25.6. The largest absolute Gasteiger partial charge is 0.465 e. The van der Waals surface area contributed by atoms with Crippen LogP contribution < -0.4 is 5.32 Å². The molecule has 1 aromatic rings. The molecule has 1 fully saturated rings. The number of ether oxygens (including phenoxy) is 3. The van der Waals surface area contributed by atoms with Crippen molar-refractivity contribution in [2.75, 3.05) is 26.3 Å². The fourth-order valence-corrected chi connectivity index (χ4v) is 3.87. The van der Waals surface area contributed by atoms with Gasteiger partial charge in [0, 0.05) is 13.0 Å². The molecule has 0 spiro atoms. The van der Waals surface area contributed by atoms with Crippen molar-refractivity contribution >= 4 is 18.0 Å². The molecule has 8 heteroatoms. The molecule has 1 heterocycles. The SMILES string of the molecule is CCOC(=O)C1CC(NC(=O)OC(C)(C)C)(C(=O)OCC)CN1CCCc1ccccc1. The van der Waals surface area contributed by atoms with Gasteiger partial charge in [0.2, 0.25) is 0 Å². The summed E-state index contributed by atoms with van der Waals surface area (Å²) in [6.45, 7) is 9.78. The molecule has 1 N–H and O–H groups in total. The van der Waals surface area contributed by atoms with E-state index < -0.39 is 35.2 Å². The molecular weight excluding hydrogens is 412 g/mol. The van der Waals surface area contributed by atoms with Crippen molar-refractivity contribution in [1.29, 1.82) is 0 Å². The van der Waals surface area contributed by atoms with Gasteiger partial charge in [-0.25, -0.2) is 9.59 Å². The number of benzene rings is 1. The molecule has 0 radical (unpaired) electrons. The molecule has 1 amide bonds. The molecule has 32 heavy (non-hydrogen) atoms. The van der Waals surface area contributed by atoms with Crippen LogP contribution in [-0.4, -0.2) is 66.4 Å². The highest BCUT2D eigenvalue weighted by Gasteiger charge is 2.54. The normalized spacial score (nSPS) is 21.1. The van der Waals surface area contributed by atoms with Gasteiger partial charge in [-0.05, 0) is 59.6 Å². The molecule has 1 aliphatic heterocycles. The zero-order valence-electron chi connectivity index (χ0n) is 19.8. The Hall–Kier alpha value is -2.61. The third-order valence-corrected chi connectivity index (χ3v) is 5.17. The number of amides is 1. The average molecular weight is 449 g/mol. The number of nitrogens with one attached hydrogen (secondary N) is 1. The predicted molar refractivity (Wildman–Crippen MR) is 120 cm³/mol. The Kier molecular flexibility index (Phi) is 9.07. The number of hydrogen-bond donors (Lipinski definition) is 1. The number of aryl methyl sites for hydroxylation is 1. The maximum Gasteiger partial charge on any atom is 0.408 e. The standard InChI is InChI=1S/C24H36N2O6/c1-6-30-20(27)19-16-24(21(28)31-7-2,25-22(29)32-23(3,4)5)17-26(19)15-11-14-18-12-9-8-10-13-18/h8-10,12-13,19H,6-7,11,14-17H2,1-5H3,(H,25,29). The van der Waals surface area contributed by atoms with E-state index in [0.29, 0.717) is 6.54 Å². The van der Waals surface area contributed by atoms with Crippen molar-refractivity contribution in [1.82, 2.24) is 10.2 Å². The van der Waals surface area contributed by atoms with E-state index in [1.165, 1.54) is 5.56 Å². The maximum atomic E-state index is 13.0. The Morgan fingerprint density at radius 3 is 2.34 bits per heavy atom. The third-order valence-electron chi connectivity index (χ3n) is 5.17. The zero-order chi connectivity index (χ0) is 23.8. The number of rotatable bonds is 9. The summed E-state index contributed by atoms with van der Waals surface area (Å²) in [5.74, 6) is -0.991. The highest BCUT2D eigenvalue weighted by molar-refractivity contribution is 5.89. The van der Waals surface area contributed by atoms with Crippen LogP contribution in [-0.2, 0) is 30.2 Å². The fourth-order valence-electron chi connectivity index (χ4n) is 3.87. The lowest BCUT2D eigenvalue weighted by molar-refractivity contribution is -0.150. The quantitative estimate of drug-likeness (QED) is 0.458. The smallest absolute Gasteiger partial charge is 0.408 e. The van der Waals surface area contributed by atoms with Crippen LogP contribution in [0.15, 0.2) is 30.3 Å². The second-order valence-electron chi connectivity index (χ2n) is 8.96. The lowest BCUT2D eigenvalue weighted by Crippen LogP contribution is -2.58. The van der Waals surface area contributed by atoms with E-state index in [-0.39, 0.29) is 26.2 Å². The van der Waals surface area contributed by atoms with E-state index in [2.05, 4.69) is 17.4 Å². The summed E-state index contributed by atoms with van der Waals surface area (Å²) in [5, 5.41) is 2.71. The van der Waals surface area contributed by atoms with E-state index in [1.807, 2.05) is 23.1 Å². The van der Waals surface area contributed by atoms with Gasteiger partial charge < -0.3 is 19.5 Å². The van der Waals surface area contributed by atoms with E-state index in [0.717, 1.165) is 12.8 Å². The lowest BCUT2D eigenvalue weighted by atomic mass is 9.96. The summed E-state index contributed by atoms with van der Waals surface area (Å²) in [7, 11) is 0.